The van der Waals surface area contributed by atoms with Gasteiger partial charge in [-0.3, -0.25) is 0 Å². The van der Waals surface area contributed by atoms with Crippen molar-refractivity contribution < 1.29 is 13.2 Å². The molecule has 1 aliphatic heterocycles. The van der Waals surface area contributed by atoms with Crippen molar-refractivity contribution in [1.82, 2.24) is 4.31 Å². The number of ether oxygens (including phenoxy) is 1. The molecule has 7 heteroatoms. The molecular weight excluding hydrogens is 296 g/mol. The van der Waals surface area contributed by atoms with Gasteiger partial charge in [0.05, 0.1) is 0 Å². The number of thiophene rings is 1. The summed E-state index contributed by atoms with van der Waals surface area (Å²) in [6.07, 6.45) is 1.72. The summed E-state index contributed by atoms with van der Waals surface area (Å²) in [5.74, 6) is 0.469. The second-order valence-electron chi connectivity index (χ2n) is 5.18. The van der Waals surface area contributed by atoms with Gasteiger partial charge in [-0.25, -0.2) is 8.42 Å². The molecule has 2 N–H and O–H groups in total. The van der Waals surface area contributed by atoms with Crippen molar-refractivity contribution in [2.75, 3.05) is 26.8 Å². The van der Waals surface area contributed by atoms with Gasteiger partial charge in [0, 0.05) is 38.2 Å². The zero-order valence-corrected chi connectivity index (χ0v) is 13.6. The molecule has 0 spiro atoms. The van der Waals surface area contributed by atoms with Crippen LogP contribution in [0.2, 0.25) is 0 Å². The summed E-state index contributed by atoms with van der Waals surface area (Å²) in [4.78, 5) is 0.942. The Hall–Kier alpha value is -0.470. The third-order valence-electron chi connectivity index (χ3n) is 3.75. The predicted molar refractivity (Wildman–Crippen MR) is 80.3 cm³/mol. The number of nitrogens with two attached hydrogens (primary N) is 1. The largest absolute Gasteiger partial charge is 0.384 e. The Balaban J connectivity index is 2.11. The van der Waals surface area contributed by atoms with E-state index in [9.17, 15) is 8.42 Å². The molecule has 2 rings (SSSR count). The van der Waals surface area contributed by atoms with Crippen LogP contribution in [0.4, 0.5) is 0 Å². The summed E-state index contributed by atoms with van der Waals surface area (Å²) in [6.45, 7) is 4.16. The first-order valence-corrected chi connectivity index (χ1v) is 9.03. The van der Waals surface area contributed by atoms with Crippen molar-refractivity contribution in [3.63, 3.8) is 0 Å². The molecule has 0 amide bonds. The van der Waals surface area contributed by atoms with E-state index in [1.165, 1.54) is 11.3 Å². The first-order chi connectivity index (χ1) is 9.48. The van der Waals surface area contributed by atoms with E-state index in [0.717, 1.165) is 23.3 Å². The molecule has 2 heterocycles. The molecule has 0 atom stereocenters. The van der Waals surface area contributed by atoms with Crippen LogP contribution in [-0.4, -0.2) is 39.5 Å². The monoisotopic (exact) mass is 318 g/mol. The number of methoxy groups -OCH3 is 1. The highest BCUT2D eigenvalue weighted by atomic mass is 32.2. The SMILES string of the molecule is COCC1CCN(S(=O)(=O)c2cc(C)c(CN)s2)CC1. The fourth-order valence-electron chi connectivity index (χ4n) is 2.50. The fraction of sp³-hybridized carbons (Fsp3) is 0.692. The molecule has 0 aliphatic carbocycles. The maximum Gasteiger partial charge on any atom is 0.252 e. The third kappa shape index (κ3) is 3.23. The normalized spacial score (nSPS) is 18.6. The molecule has 1 aromatic rings. The minimum atomic E-state index is -3.36. The van der Waals surface area contributed by atoms with E-state index in [-0.39, 0.29) is 0 Å². The van der Waals surface area contributed by atoms with E-state index in [0.29, 0.717) is 36.4 Å². The maximum absolute atomic E-state index is 12.6. The Morgan fingerprint density at radius 2 is 2.10 bits per heavy atom. The molecular formula is C13H22N2O3S2. The Labute approximate surface area is 124 Å². The standard InChI is InChI=1S/C13H22N2O3S2/c1-10-7-13(19-12(10)8-14)20(16,17)15-5-3-11(4-6-15)9-18-2/h7,11H,3-6,8-9,14H2,1-2H3. The second-order valence-corrected chi connectivity index (χ2v) is 8.48. The lowest BCUT2D eigenvalue weighted by atomic mass is 9.99. The van der Waals surface area contributed by atoms with E-state index in [4.69, 9.17) is 10.5 Å². The van der Waals surface area contributed by atoms with Gasteiger partial charge < -0.3 is 10.5 Å². The lowest BCUT2D eigenvalue weighted by Gasteiger charge is -2.30. The number of rotatable bonds is 5. The summed E-state index contributed by atoms with van der Waals surface area (Å²) < 4.78 is 32.3. The van der Waals surface area contributed by atoms with Gasteiger partial charge >= 0.3 is 0 Å². The smallest absolute Gasteiger partial charge is 0.252 e. The number of hydrogen-bond donors (Lipinski definition) is 1. The van der Waals surface area contributed by atoms with Crippen molar-refractivity contribution in [3.05, 3.63) is 16.5 Å². The van der Waals surface area contributed by atoms with Gasteiger partial charge in [-0.05, 0) is 37.3 Å². The summed E-state index contributed by atoms with van der Waals surface area (Å²) in [5, 5.41) is 0. The summed E-state index contributed by atoms with van der Waals surface area (Å²) >= 11 is 1.29. The molecule has 5 nitrogen and oxygen atoms in total. The quantitative estimate of drug-likeness (QED) is 0.894. The molecule has 0 saturated carbocycles. The molecule has 0 unspecified atom stereocenters. The van der Waals surface area contributed by atoms with E-state index in [1.54, 1.807) is 17.5 Å². The van der Waals surface area contributed by atoms with Crippen LogP contribution in [0.5, 0.6) is 0 Å². The molecule has 0 radical (unpaired) electrons. The first-order valence-electron chi connectivity index (χ1n) is 6.77. The average Bonchev–Trinajstić information content (AvgIpc) is 2.82. The maximum atomic E-state index is 12.6. The predicted octanol–water partition coefficient (Wildman–Crippen LogP) is 1.56. The van der Waals surface area contributed by atoms with Gasteiger partial charge in [0.2, 0.25) is 0 Å². The third-order valence-corrected chi connectivity index (χ3v) is 7.36. The van der Waals surface area contributed by atoms with E-state index in [2.05, 4.69) is 0 Å². The number of sulfonamides is 1. The number of aryl methyl sites for hydroxylation is 1. The van der Waals surface area contributed by atoms with E-state index < -0.39 is 10.0 Å². The summed E-state index contributed by atoms with van der Waals surface area (Å²) in [7, 11) is -1.67. The van der Waals surface area contributed by atoms with Crippen LogP contribution in [0, 0.1) is 12.8 Å². The molecule has 1 fully saturated rings. The number of nitrogens with zero attached hydrogens (tertiary/aromatic N) is 1. The zero-order valence-electron chi connectivity index (χ0n) is 12.0. The average molecular weight is 318 g/mol. The highest BCUT2D eigenvalue weighted by Gasteiger charge is 2.30. The molecule has 20 heavy (non-hydrogen) atoms. The van der Waals surface area contributed by atoms with Crippen LogP contribution in [0.1, 0.15) is 23.3 Å². The Bertz CT molecular complexity index is 546. The first kappa shape index (κ1) is 15.9. The highest BCUT2D eigenvalue weighted by Crippen LogP contribution is 2.30. The molecule has 0 aromatic carbocycles. The van der Waals surface area contributed by atoms with Crippen LogP contribution in [0.3, 0.4) is 0 Å². The van der Waals surface area contributed by atoms with Crippen molar-refractivity contribution in [1.29, 1.82) is 0 Å². The fourth-order valence-corrected chi connectivity index (χ4v) is 5.59. The topological polar surface area (TPSA) is 72.6 Å². The number of hydrogen-bond acceptors (Lipinski definition) is 5. The Kier molecular flexibility index (Phi) is 5.19. The van der Waals surface area contributed by atoms with Crippen molar-refractivity contribution in [2.45, 2.75) is 30.5 Å². The van der Waals surface area contributed by atoms with Crippen molar-refractivity contribution in [2.24, 2.45) is 11.7 Å². The van der Waals surface area contributed by atoms with Crippen molar-refractivity contribution >= 4 is 21.4 Å². The molecule has 1 aromatic heterocycles. The van der Waals surface area contributed by atoms with Gasteiger partial charge in [-0.15, -0.1) is 11.3 Å². The van der Waals surface area contributed by atoms with E-state index in [1.807, 2.05) is 6.92 Å². The lowest BCUT2D eigenvalue weighted by Crippen LogP contribution is -2.39. The van der Waals surface area contributed by atoms with Crippen LogP contribution < -0.4 is 5.73 Å². The number of piperidine rings is 1. The zero-order chi connectivity index (χ0) is 14.8. The Morgan fingerprint density at radius 1 is 1.45 bits per heavy atom. The minimum Gasteiger partial charge on any atom is -0.384 e. The summed E-state index contributed by atoms with van der Waals surface area (Å²) in [6, 6.07) is 1.74. The van der Waals surface area contributed by atoms with Gasteiger partial charge in [0.25, 0.3) is 10.0 Å². The van der Waals surface area contributed by atoms with Crippen LogP contribution in [0.15, 0.2) is 10.3 Å². The lowest BCUT2D eigenvalue weighted by molar-refractivity contribution is 0.121. The van der Waals surface area contributed by atoms with E-state index >= 15 is 0 Å². The van der Waals surface area contributed by atoms with Crippen LogP contribution in [0.25, 0.3) is 0 Å². The Morgan fingerprint density at radius 3 is 2.60 bits per heavy atom. The second kappa shape index (κ2) is 6.53. The molecule has 1 saturated heterocycles. The summed E-state index contributed by atoms with van der Waals surface area (Å²) in [5.41, 5.74) is 6.59. The van der Waals surface area contributed by atoms with Crippen molar-refractivity contribution in [3.8, 4) is 0 Å². The molecule has 1 aliphatic rings. The van der Waals surface area contributed by atoms with Gasteiger partial charge in [-0.1, -0.05) is 0 Å². The van der Waals surface area contributed by atoms with Gasteiger partial charge in [0.15, 0.2) is 0 Å². The van der Waals surface area contributed by atoms with Gasteiger partial charge in [0.1, 0.15) is 4.21 Å². The highest BCUT2D eigenvalue weighted by molar-refractivity contribution is 7.91. The van der Waals surface area contributed by atoms with Crippen LogP contribution in [-0.2, 0) is 21.3 Å². The minimum absolute atomic E-state index is 0.391. The molecule has 0 bridgehead atoms. The van der Waals surface area contributed by atoms with Crippen LogP contribution >= 0.6 is 11.3 Å². The van der Waals surface area contributed by atoms with Gasteiger partial charge in [-0.2, -0.15) is 4.31 Å². The molecule has 114 valence electrons.